The van der Waals surface area contributed by atoms with Crippen molar-refractivity contribution in [3.8, 4) is 5.75 Å². The zero-order valence-corrected chi connectivity index (χ0v) is 11.4. The van der Waals surface area contributed by atoms with Gasteiger partial charge in [-0.3, -0.25) is 4.90 Å². The van der Waals surface area contributed by atoms with Crippen LogP contribution in [-0.4, -0.2) is 36.8 Å². The van der Waals surface area contributed by atoms with Crippen molar-refractivity contribution in [2.24, 2.45) is 5.73 Å². The molecule has 1 aromatic carbocycles. The van der Waals surface area contributed by atoms with E-state index in [1.807, 2.05) is 0 Å². The minimum Gasteiger partial charge on any atom is -0.496 e. The number of halogens is 3. The van der Waals surface area contributed by atoms with Crippen molar-refractivity contribution in [2.45, 2.75) is 12.7 Å². The molecule has 0 aliphatic rings. The number of thiocarbonyl (C=S) groups is 1. The number of methoxy groups -OCH3 is 1. The van der Waals surface area contributed by atoms with Crippen LogP contribution in [0.4, 0.5) is 13.2 Å². The molecule has 0 heterocycles. The molecule has 0 saturated heterocycles. The largest absolute Gasteiger partial charge is 0.496 e. The van der Waals surface area contributed by atoms with Crippen molar-refractivity contribution >= 4 is 17.2 Å². The van der Waals surface area contributed by atoms with Crippen LogP contribution in [0.15, 0.2) is 18.2 Å². The van der Waals surface area contributed by atoms with E-state index in [2.05, 4.69) is 0 Å². The van der Waals surface area contributed by atoms with Crippen LogP contribution in [0.3, 0.4) is 0 Å². The number of rotatable bonds is 5. The first-order chi connectivity index (χ1) is 8.73. The van der Waals surface area contributed by atoms with Gasteiger partial charge in [-0.1, -0.05) is 12.2 Å². The van der Waals surface area contributed by atoms with Crippen LogP contribution in [0.2, 0.25) is 0 Å². The first-order valence-corrected chi connectivity index (χ1v) is 5.86. The summed E-state index contributed by atoms with van der Waals surface area (Å²) in [6.07, 6.45) is -4.23. The summed E-state index contributed by atoms with van der Waals surface area (Å²) in [5.74, 6) is 0.508. The van der Waals surface area contributed by atoms with Crippen LogP contribution in [0.5, 0.6) is 5.75 Å². The van der Waals surface area contributed by atoms with E-state index in [-0.39, 0.29) is 11.5 Å². The van der Waals surface area contributed by atoms with Gasteiger partial charge >= 0.3 is 6.18 Å². The van der Waals surface area contributed by atoms with E-state index in [1.54, 1.807) is 18.2 Å². The number of benzene rings is 1. The summed E-state index contributed by atoms with van der Waals surface area (Å²) < 4.78 is 42.0. The molecule has 19 heavy (non-hydrogen) atoms. The van der Waals surface area contributed by atoms with Gasteiger partial charge in [-0.2, -0.15) is 13.2 Å². The number of alkyl halides is 3. The molecule has 1 aromatic rings. The Kier molecular flexibility index (Phi) is 5.13. The van der Waals surface area contributed by atoms with Crippen molar-refractivity contribution in [2.75, 3.05) is 20.7 Å². The van der Waals surface area contributed by atoms with E-state index >= 15 is 0 Å². The Morgan fingerprint density at radius 2 is 2.05 bits per heavy atom. The molecule has 0 aliphatic carbocycles. The lowest BCUT2D eigenvalue weighted by Gasteiger charge is -2.20. The monoisotopic (exact) mass is 292 g/mol. The minimum absolute atomic E-state index is 0.0964. The summed E-state index contributed by atoms with van der Waals surface area (Å²) in [5, 5.41) is 0. The molecule has 0 aliphatic heterocycles. The fourth-order valence-electron chi connectivity index (χ4n) is 1.71. The quantitative estimate of drug-likeness (QED) is 0.845. The van der Waals surface area contributed by atoms with Crippen LogP contribution in [0.25, 0.3) is 0 Å². The predicted octanol–water partition coefficient (Wildman–Crippen LogP) is 2.32. The summed E-state index contributed by atoms with van der Waals surface area (Å²) in [7, 11) is 2.85. The fraction of sp³-hybridized carbons (Fsp3) is 0.417. The van der Waals surface area contributed by atoms with Gasteiger partial charge in [-0.05, 0) is 25.2 Å². The second-order valence-corrected chi connectivity index (χ2v) is 4.62. The predicted molar refractivity (Wildman–Crippen MR) is 71.3 cm³/mol. The Bertz CT molecular complexity index is 463. The summed E-state index contributed by atoms with van der Waals surface area (Å²) >= 11 is 4.85. The molecule has 0 fully saturated rings. The van der Waals surface area contributed by atoms with Crippen molar-refractivity contribution in [3.63, 3.8) is 0 Å². The summed E-state index contributed by atoms with van der Waals surface area (Å²) in [6.45, 7) is -0.896. The van der Waals surface area contributed by atoms with Gasteiger partial charge in [0.2, 0.25) is 0 Å². The molecule has 1 rings (SSSR count). The van der Waals surface area contributed by atoms with E-state index in [0.29, 0.717) is 16.9 Å². The molecule has 2 N–H and O–H groups in total. The molecular weight excluding hydrogens is 277 g/mol. The van der Waals surface area contributed by atoms with Gasteiger partial charge in [-0.25, -0.2) is 0 Å². The van der Waals surface area contributed by atoms with Crippen molar-refractivity contribution in [1.82, 2.24) is 4.90 Å². The topological polar surface area (TPSA) is 38.5 Å². The summed E-state index contributed by atoms with van der Waals surface area (Å²) in [5.41, 5.74) is 6.72. The SMILES string of the molecule is COc1ccc(C(N)=S)cc1CN(C)CC(F)(F)F. The normalized spacial score (nSPS) is 11.7. The lowest BCUT2D eigenvalue weighted by Crippen LogP contribution is -2.30. The van der Waals surface area contributed by atoms with Crippen molar-refractivity contribution < 1.29 is 17.9 Å². The molecule has 0 atom stereocenters. The molecule has 0 spiro atoms. The van der Waals surface area contributed by atoms with E-state index in [4.69, 9.17) is 22.7 Å². The third kappa shape index (κ3) is 5.04. The standard InChI is InChI=1S/C12H15F3N2OS/c1-17(7-12(13,14)15)6-9-5-8(11(16)19)3-4-10(9)18-2/h3-5H,6-7H2,1-2H3,(H2,16,19). The van der Waals surface area contributed by atoms with E-state index in [1.165, 1.54) is 14.2 Å². The first-order valence-electron chi connectivity index (χ1n) is 5.45. The Hall–Kier alpha value is -1.34. The Morgan fingerprint density at radius 3 is 2.53 bits per heavy atom. The molecule has 106 valence electrons. The third-order valence-electron chi connectivity index (χ3n) is 2.45. The van der Waals surface area contributed by atoms with Crippen LogP contribution >= 0.6 is 12.2 Å². The number of hydrogen-bond acceptors (Lipinski definition) is 3. The highest BCUT2D eigenvalue weighted by molar-refractivity contribution is 7.80. The first kappa shape index (κ1) is 15.7. The van der Waals surface area contributed by atoms with E-state index in [9.17, 15) is 13.2 Å². The number of hydrogen-bond donors (Lipinski definition) is 1. The highest BCUT2D eigenvalue weighted by Gasteiger charge is 2.29. The second kappa shape index (κ2) is 6.21. The summed E-state index contributed by atoms with van der Waals surface area (Å²) in [4.78, 5) is 1.35. The number of ether oxygens (including phenoxy) is 1. The maximum absolute atomic E-state index is 12.3. The second-order valence-electron chi connectivity index (χ2n) is 4.18. The van der Waals surface area contributed by atoms with Crippen LogP contribution < -0.4 is 10.5 Å². The van der Waals surface area contributed by atoms with Gasteiger partial charge in [-0.15, -0.1) is 0 Å². The smallest absolute Gasteiger partial charge is 0.401 e. The summed E-state index contributed by atoms with van der Waals surface area (Å²) in [6, 6.07) is 4.97. The number of nitrogens with two attached hydrogens (primary N) is 1. The van der Waals surface area contributed by atoms with Gasteiger partial charge < -0.3 is 10.5 Å². The maximum atomic E-state index is 12.3. The zero-order chi connectivity index (χ0) is 14.6. The Labute approximate surface area is 115 Å². The Morgan fingerprint density at radius 1 is 1.42 bits per heavy atom. The van der Waals surface area contributed by atoms with Gasteiger partial charge in [0.25, 0.3) is 0 Å². The fourth-order valence-corrected chi connectivity index (χ4v) is 1.84. The lowest BCUT2D eigenvalue weighted by atomic mass is 10.1. The van der Waals surface area contributed by atoms with Gasteiger partial charge in [0.1, 0.15) is 10.7 Å². The highest BCUT2D eigenvalue weighted by Crippen LogP contribution is 2.23. The number of nitrogens with zero attached hydrogens (tertiary/aromatic N) is 1. The molecule has 3 nitrogen and oxygen atoms in total. The van der Waals surface area contributed by atoms with Gasteiger partial charge in [0.15, 0.2) is 0 Å². The molecule has 7 heteroatoms. The average Bonchev–Trinajstić information content (AvgIpc) is 2.26. The minimum atomic E-state index is -4.23. The molecule has 0 amide bonds. The zero-order valence-electron chi connectivity index (χ0n) is 10.6. The molecule has 0 bridgehead atoms. The van der Waals surface area contributed by atoms with Crippen LogP contribution in [0, 0.1) is 0 Å². The molecule has 0 unspecified atom stereocenters. The maximum Gasteiger partial charge on any atom is 0.401 e. The third-order valence-corrected chi connectivity index (χ3v) is 2.69. The van der Waals surface area contributed by atoms with Crippen LogP contribution in [-0.2, 0) is 6.54 Å². The van der Waals surface area contributed by atoms with Crippen molar-refractivity contribution in [1.29, 1.82) is 0 Å². The molecule has 0 aromatic heterocycles. The average molecular weight is 292 g/mol. The molecule has 0 saturated carbocycles. The van der Waals surface area contributed by atoms with E-state index in [0.717, 1.165) is 4.90 Å². The molecular formula is C12H15F3N2OS. The van der Waals surface area contributed by atoms with Crippen molar-refractivity contribution in [3.05, 3.63) is 29.3 Å². The molecule has 0 radical (unpaired) electrons. The highest BCUT2D eigenvalue weighted by atomic mass is 32.1. The Balaban J connectivity index is 2.91. The lowest BCUT2D eigenvalue weighted by molar-refractivity contribution is -0.144. The van der Waals surface area contributed by atoms with E-state index < -0.39 is 12.7 Å². The van der Waals surface area contributed by atoms with Gasteiger partial charge in [0, 0.05) is 17.7 Å². The van der Waals surface area contributed by atoms with Gasteiger partial charge in [0.05, 0.1) is 13.7 Å². The van der Waals surface area contributed by atoms with Crippen LogP contribution in [0.1, 0.15) is 11.1 Å².